The number of carbonyl (C=O) groups is 1. The second kappa shape index (κ2) is 10.8. The number of primary amides is 1. The number of nitrogens with one attached hydrogen (secondary N) is 1. The molecule has 4 nitrogen and oxygen atoms in total. The minimum Gasteiger partial charge on any atom is -0.369 e. The second-order valence-electron chi connectivity index (χ2n) is 4.42. The van der Waals surface area contributed by atoms with E-state index in [1.54, 1.807) is 6.92 Å². The van der Waals surface area contributed by atoms with Gasteiger partial charge in [-0.05, 0) is 19.6 Å². The van der Waals surface area contributed by atoms with E-state index in [1.807, 2.05) is 32.3 Å². The zero-order valence-electron chi connectivity index (χ0n) is 14.0. The maximum absolute atomic E-state index is 11.0. The summed E-state index contributed by atoms with van der Waals surface area (Å²) in [6, 6.07) is 2.22. The summed E-state index contributed by atoms with van der Waals surface area (Å²) in [5.41, 5.74) is 7.55. The average Bonchev–Trinajstić information content (AvgIpc) is 2.66. The number of hydrogen-bond donors (Lipinski definition) is 2. The first-order valence-electron chi connectivity index (χ1n) is 7.24. The van der Waals surface area contributed by atoms with Crippen molar-refractivity contribution in [2.24, 2.45) is 5.73 Å². The van der Waals surface area contributed by atoms with Gasteiger partial charge in [-0.1, -0.05) is 44.8 Å². The summed E-state index contributed by atoms with van der Waals surface area (Å²) in [6.07, 6.45) is 6.53. The van der Waals surface area contributed by atoms with Gasteiger partial charge in [0, 0.05) is 26.7 Å². The molecule has 0 saturated carbocycles. The molecule has 3 N–H and O–H groups in total. The molecular formula is C17H23N3OS2. The molecular weight excluding hydrogens is 326 g/mol. The fraction of sp³-hybridized carbons (Fsp3) is 0.353. The fourth-order valence-electron chi connectivity index (χ4n) is 1.97. The Morgan fingerprint density at radius 2 is 2.13 bits per heavy atom. The maximum Gasteiger partial charge on any atom is 0.223 e. The standard InChI is InChI=1S/C15H17N3OS2.C2H6/c1-9(7-14(17)19)18-12-5-4-6-13(21-3)11(8-16)15(12)10(2)20;1-2/h5-6,18H,1,4,7H2,2-3H3,(H2,17,19);1-2H3. The van der Waals surface area contributed by atoms with Crippen molar-refractivity contribution in [1.29, 1.82) is 5.26 Å². The summed E-state index contributed by atoms with van der Waals surface area (Å²) in [5, 5.41) is 12.5. The van der Waals surface area contributed by atoms with E-state index in [0.29, 0.717) is 33.8 Å². The quantitative estimate of drug-likeness (QED) is 0.714. The third-order valence-electron chi connectivity index (χ3n) is 2.77. The van der Waals surface area contributed by atoms with Crippen LogP contribution in [0.2, 0.25) is 0 Å². The molecule has 0 aromatic carbocycles. The highest BCUT2D eigenvalue weighted by Gasteiger charge is 2.19. The highest BCUT2D eigenvalue weighted by molar-refractivity contribution is 8.02. The number of nitrogens with zero attached hydrogens (tertiary/aromatic N) is 1. The van der Waals surface area contributed by atoms with E-state index in [9.17, 15) is 10.1 Å². The molecule has 0 radical (unpaired) electrons. The molecule has 6 heteroatoms. The van der Waals surface area contributed by atoms with Crippen LogP contribution in [0.3, 0.4) is 0 Å². The molecule has 0 spiro atoms. The molecule has 0 aromatic heterocycles. The average molecular weight is 350 g/mol. The number of rotatable bonds is 6. The lowest BCUT2D eigenvalue weighted by atomic mass is 10.0. The number of amides is 1. The second-order valence-corrected chi connectivity index (χ2v) is 5.88. The summed E-state index contributed by atoms with van der Waals surface area (Å²) in [4.78, 5) is 12.5. The lowest BCUT2D eigenvalue weighted by Crippen LogP contribution is -2.22. The number of allylic oxidation sites excluding steroid dienone is 4. The third kappa shape index (κ3) is 6.43. The fourth-order valence-corrected chi connectivity index (χ4v) is 2.79. The smallest absolute Gasteiger partial charge is 0.223 e. The molecule has 0 atom stereocenters. The predicted octanol–water partition coefficient (Wildman–Crippen LogP) is 3.74. The first kappa shape index (κ1) is 21.2. The summed E-state index contributed by atoms with van der Waals surface area (Å²) < 4.78 is 0. The number of thiocarbonyl (C=S) groups is 1. The van der Waals surface area contributed by atoms with E-state index in [0.717, 1.165) is 4.91 Å². The van der Waals surface area contributed by atoms with E-state index in [-0.39, 0.29) is 6.42 Å². The van der Waals surface area contributed by atoms with Gasteiger partial charge < -0.3 is 11.1 Å². The molecule has 0 heterocycles. The maximum atomic E-state index is 11.0. The van der Waals surface area contributed by atoms with Crippen LogP contribution in [-0.4, -0.2) is 17.0 Å². The summed E-state index contributed by atoms with van der Waals surface area (Å²) >= 11 is 6.80. The van der Waals surface area contributed by atoms with Gasteiger partial charge in [0.05, 0.1) is 12.0 Å². The van der Waals surface area contributed by atoms with Gasteiger partial charge in [0.2, 0.25) is 5.91 Å². The van der Waals surface area contributed by atoms with E-state index >= 15 is 0 Å². The largest absolute Gasteiger partial charge is 0.369 e. The van der Waals surface area contributed by atoms with Gasteiger partial charge in [-0.3, -0.25) is 4.79 Å². The van der Waals surface area contributed by atoms with E-state index in [1.165, 1.54) is 11.8 Å². The van der Waals surface area contributed by atoms with Crippen molar-refractivity contribution in [3.8, 4) is 6.07 Å². The Hall–Kier alpha value is -1.84. The Morgan fingerprint density at radius 3 is 2.57 bits per heavy atom. The topological polar surface area (TPSA) is 78.9 Å². The molecule has 0 saturated heterocycles. The molecule has 1 aliphatic carbocycles. The number of hydrogen-bond acceptors (Lipinski definition) is 5. The van der Waals surface area contributed by atoms with Crippen molar-refractivity contribution < 1.29 is 4.79 Å². The van der Waals surface area contributed by atoms with Crippen LogP contribution < -0.4 is 11.1 Å². The van der Waals surface area contributed by atoms with Gasteiger partial charge in [0.25, 0.3) is 0 Å². The van der Waals surface area contributed by atoms with Crippen LogP contribution in [0, 0.1) is 11.3 Å². The van der Waals surface area contributed by atoms with Gasteiger partial charge in [0.15, 0.2) is 0 Å². The molecule has 0 fully saturated rings. The Kier molecular flexibility index (Phi) is 9.95. The first-order valence-corrected chi connectivity index (χ1v) is 8.87. The predicted molar refractivity (Wildman–Crippen MR) is 103 cm³/mol. The number of nitrogens with two attached hydrogens (primary N) is 1. The van der Waals surface area contributed by atoms with Crippen molar-refractivity contribution in [1.82, 2.24) is 5.32 Å². The van der Waals surface area contributed by atoms with Crippen molar-refractivity contribution in [3.05, 3.63) is 46.2 Å². The Bertz CT molecular complexity index is 622. The zero-order chi connectivity index (χ0) is 18.0. The normalized spacial score (nSPS) is 13.5. The molecule has 0 unspecified atom stereocenters. The van der Waals surface area contributed by atoms with Crippen LogP contribution in [0.4, 0.5) is 0 Å². The van der Waals surface area contributed by atoms with Crippen LogP contribution in [0.25, 0.3) is 0 Å². The third-order valence-corrected chi connectivity index (χ3v) is 3.79. The summed E-state index contributed by atoms with van der Waals surface area (Å²) in [5.74, 6) is -0.463. The monoisotopic (exact) mass is 349 g/mol. The summed E-state index contributed by atoms with van der Waals surface area (Å²) in [7, 11) is 0. The Balaban J connectivity index is 0.00000232. The molecule has 0 aliphatic heterocycles. The van der Waals surface area contributed by atoms with Crippen molar-refractivity contribution in [2.75, 3.05) is 6.26 Å². The molecule has 0 aromatic rings. The molecule has 0 bridgehead atoms. The van der Waals surface area contributed by atoms with E-state index in [2.05, 4.69) is 18.0 Å². The van der Waals surface area contributed by atoms with Crippen LogP contribution >= 0.6 is 24.0 Å². The van der Waals surface area contributed by atoms with Crippen LogP contribution in [0.15, 0.2) is 46.2 Å². The van der Waals surface area contributed by atoms with Gasteiger partial charge in [0.1, 0.15) is 6.07 Å². The number of carbonyl (C=O) groups excluding carboxylic acids is 1. The highest BCUT2D eigenvalue weighted by Crippen LogP contribution is 2.31. The molecule has 23 heavy (non-hydrogen) atoms. The van der Waals surface area contributed by atoms with Gasteiger partial charge in [-0.15, -0.1) is 11.8 Å². The lowest BCUT2D eigenvalue weighted by Gasteiger charge is -2.16. The minimum atomic E-state index is -0.463. The highest BCUT2D eigenvalue weighted by atomic mass is 32.2. The SMILES string of the molecule is C=C(CC(N)=O)NC1=CCC=C(SC)C(C#N)=C1C(C)=S.CC. The Morgan fingerprint density at radius 1 is 1.52 bits per heavy atom. The van der Waals surface area contributed by atoms with Crippen LogP contribution in [-0.2, 0) is 4.79 Å². The molecule has 124 valence electrons. The lowest BCUT2D eigenvalue weighted by molar-refractivity contribution is -0.117. The van der Waals surface area contributed by atoms with Gasteiger partial charge in [-0.2, -0.15) is 5.26 Å². The van der Waals surface area contributed by atoms with Crippen LogP contribution in [0.1, 0.15) is 33.6 Å². The Labute approximate surface area is 148 Å². The molecule has 1 rings (SSSR count). The first-order chi connectivity index (χ1) is 10.9. The van der Waals surface area contributed by atoms with Crippen molar-refractivity contribution in [3.63, 3.8) is 0 Å². The van der Waals surface area contributed by atoms with Crippen molar-refractivity contribution in [2.45, 2.75) is 33.6 Å². The van der Waals surface area contributed by atoms with E-state index < -0.39 is 5.91 Å². The van der Waals surface area contributed by atoms with E-state index in [4.69, 9.17) is 18.0 Å². The molecule has 1 amide bonds. The van der Waals surface area contributed by atoms with Gasteiger partial charge in [-0.25, -0.2) is 0 Å². The van der Waals surface area contributed by atoms with Crippen LogP contribution in [0.5, 0.6) is 0 Å². The zero-order valence-corrected chi connectivity index (χ0v) is 15.7. The summed E-state index contributed by atoms with van der Waals surface area (Å²) in [6.45, 7) is 9.56. The van der Waals surface area contributed by atoms with Crippen molar-refractivity contribution >= 4 is 34.8 Å². The van der Waals surface area contributed by atoms with Gasteiger partial charge >= 0.3 is 0 Å². The minimum absolute atomic E-state index is 0.0335. The molecule has 1 aliphatic rings. The number of thioether (sulfide) groups is 1. The number of nitriles is 1.